The summed E-state index contributed by atoms with van der Waals surface area (Å²) in [4.78, 5) is 0. The molecule has 0 amide bonds. The predicted molar refractivity (Wildman–Crippen MR) is 59.4 cm³/mol. The van der Waals surface area contributed by atoms with Crippen LogP contribution in [0.4, 0.5) is 4.39 Å². The minimum Gasteiger partial charge on any atom is -0.387 e. The molecule has 3 fully saturated rings. The number of halogens is 1. The second kappa shape index (κ2) is 3.28. The van der Waals surface area contributed by atoms with Crippen LogP contribution in [0.25, 0.3) is 0 Å². The number of nitrogens with one attached hydrogen (secondary N) is 1. The van der Waals surface area contributed by atoms with E-state index in [2.05, 4.69) is 12.2 Å². The van der Waals surface area contributed by atoms with E-state index in [1.54, 1.807) is 12.1 Å². The standard InChI is InChI=1S/C13H16FNO/c1-13-6-9(7-13)11(15-13)12(16)8-3-2-4-10(14)5-8/h2-5,9,11-12,15-16H,6-7H2,1H3/t9?,11-,12+,13?/m1/s1. The molecule has 1 saturated carbocycles. The zero-order chi connectivity index (χ0) is 11.3. The molecular weight excluding hydrogens is 205 g/mol. The third-order valence-electron chi connectivity index (χ3n) is 3.98. The number of rotatable bonds is 2. The van der Waals surface area contributed by atoms with Gasteiger partial charge in [0, 0.05) is 11.6 Å². The Kier molecular flexibility index (Phi) is 2.10. The van der Waals surface area contributed by atoms with E-state index in [1.807, 2.05) is 0 Å². The molecule has 2 saturated heterocycles. The smallest absolute Gasteiger partial charge is 0.123 e. The van der Waals surface area contributed by atoms with Crippen LogP contribution in [0.3, 0.4) is 0 Å². The third-order valence-corrected chi connectivity index (χ3v) is 3.98. The average molecular weight is 221 g/mol. The van der Waals surface area contributed by atoms with Gasteiger partial charge in [-0.25, -0.2) is 4.39 Å². The summed E-state index contributed by atoms with van der Waals surface area (Å²) in [5.41, 5.74) is 0.887. The minimum absolute atomic E-state index is 0.0896. The van der Waals surface area contributed by atoms with Crippen LogP contribution in [-0.2, 0) is 0 Å². The van der Waals surface area contributed by atoms with Gasteiger partial charge in [-0.15, -0.1) is 0 Å². The highest BCUT2D eigenvalue weighted by Crippen LogP contribution is 2.50. The molecule has 0 unspecified atom stereocenters. The van der Waals surface area contributed by atoms with Gasteiger partial charge in [0.05, 0.1) is 6.10 Å². The highest BCUT2D eigenvalue weighted by Gasteiger charge is 2.54. The molecular formula is C13H16FNO. The van der Waals surface area contributed by atoms with E-state index in [-0.39, 0.29) is 17.4 Å². The van der Waals surface area contributed by atoms with Gasteiger partial charge < -0.3 is 10.4 Å². The highest BCUT2D eigenvalue weighted by molar-refractivity contribution is 5.24. The van der Waals surface area contributed by atoms with Crippen LogP contribution in [0.1, 0.15) is 31.4 Å². The van der Waals surface area contributed by atoms with Crippen LogP contribution in [0.5, 0.6) is 0 Å². The monoisotopic (exact) mass is 221 g/mol. The van der Waals surface area contributed by atoms with Crippen LogP contribution in [0, 0.1) is 11.7 Å². The van der Waals surface area contributed by atoms with Crippen molar-refractivity contribution in [2.75, 3.05) is 0 Å². The van der Waals surface area contributed by atoms with Crippen molar-refractivity contribution in [3.63, 3.8) is 0 Å². The molecule has 4 rings (SSSR count). The van der Waals surface area contributed by atoms with Crippen LogP contribution in [0.2, 0.25) is 0 Å². The van der Waals surface area contributed by atoms with Gasteiger partial charge in [0.15, 0.2) is 0 Å². The van der Waals surface area contributed by atoms with Crippen molar-refractivity contribution < 1.29 is 9.50 Å². The summed E-state index contributed by atoms with van der Waals surface area (Å²) < 4.78 is 13.1. The molecule has 0 aromatic heterocycles. The second-order valence-electron chi connectivity index (χ2n) is 5.40. The first-order valence-corrected chi connectivity index (χ1v) is 5.79. The molecule has 2 bridgehead atoms. The summed E-state index contributed by atoms with van der Waals surface area (Å²) >= 11 is 0. The highest BCUT2D eigenvalue weighted by atomic mass is 19.1. The Labute approximate surface area is 94.5 Å². The van der Waals surface area contributed by atoms with E-state index in [0.717, 1.165) is 12.8 Å². The van der Waals surface area contributed by atoms with Gasteiger partial charge in [-0.05, 0) is 43.4 Å². The van der Waals surface area contributed by atoms with Crippen molar-refractivity contribution in [3.05, 3.63) is 35.6 Å². The Morgan fingerprint density at radius 3 is 2.81 bits per heavy atom. The van der Waals surface area contributed by atoms with Crippen molar-refractivity contribution in [1.29, 1.82) is 0 Å². The summed E-state index contributed by atoms with van der Waals surface area (Å²) in [7, 11) is 0. The maximum Gasteiger partial charge on any atom is 0.123 e. The Bertz CT molecular complexity index is 414. The maximum atomic E-state index is 13.1. The fourth-order valence-electron chi connectivity index (χ4n) is 3.22. The third kappa shape index (κ3) is 1.46. The lowest BCUT2D eigenvalue weighted by molar-refractivity contribution is 0.121. The quantitative estimate of drug-likeness (QED) is 0.800. The first-order chi connectivity index (χ1) is 7.57. The summed E-state index contributed by atoms with van der Waals surface area (Å²) in [5.74, 6) is 0.261. The number of fused-ring (bicyclic) bond motifs is 1. The molecule has 2 heterocycles. The Morgan fingerprint density at radius 2 is 2.25 bits per heavy atom. The minimum atomic E-state index is -0.593. The Hall–Kier alpha value is -0.930. The van der Waals surface area contributed by atoms with Crippen LogP contribution < -0.4 is 5.32 Å². The first-order valence-electron chi connectivity index (χ1n) is 5.79. The van der Waals surface area contributed by atoms with Crippen LogP contribution in [-0.4, -0.2) is 16.7 Å². The van der Waals surface area contributed by atoms with E-state index in [1.165, 1.54) is 12.1 Å². The molecule has 2 atom stereocenters. The molecule has 86 valence electrons. The molecule has 2 aliphatic heterocycles. The van der Waals surface area contributed by atoms with E-state index in [4.69, 9.17) is 0 Å². The van der Waals surface area contributed by atoms with Gasteiger partial charge in [0.1, 0.15) is 5.82 Å². The van der Waals surface area contributed by atoms with E-state index < -0.39 is 6.10 Å². The van der Waals surface area contributed by atoms with Gasteiger partial charge in [0.25, 0.3) is 0 Å². The van der Waals surface area contributed by atoms with E-state index >= 15 is 0 Å². The summed E-state index contributed by atoms with van der Waals surface area (Å²) in [6.07, 6.45) is 1.67. The molecule has 3 aliphatic rings. The fraction of sp³-hybridized carbons (Fsp3) is 0.538. The lowest BCUT2D eigenvalue weighted by Gasteiger charge is -2.33. The zero-order valence-electron chi connectivity index (χ0n) is 9.28. The summed E-state index contributed by atoms with van der Waals surface area (Å²) in [6.45, 7) is 2.18. The fourth-order valence-corrected chi connectivity index (χ4v) is 3.22. The van der Waals surface area contributed by atoms with Crippen molar-refractivity contribution >= 4 is 0 Å². The van der Waals surface area contributed by atoms with Gasteiger partial charge in [-0.1, -0.05) is 12.1 Å². The van der Waals surface area contributed by atoms with Crippen LogP contribution in [0.15, 0.2) is 24.3 Å². The van der Waals surface area contributed by atoms with Crippen LogP contribution >= 0.6 is 0 Å². The molecule has 3 heteroatoms. The summed E-state index contributed by atoms with van der Waals surface area (Å²) in [6, 6.07) is 6.35. The second-order valence-corrected chi connectivity index (χ2v) is 5.40. The molecule has 1 aromatic rings. The molecule has 2 nitrogen and oxygen atoms in total. The summed E-state index contributed by atoms with van der Waals surface area (Å²) in [5, 5.41) is 13.7. The molecule has 1 aromatic carbocycles. The Morgan fingerprint density at radius 1 is 1.50 bits per heavy atom. The van der Waals surface area contributed by atoms with Gasteiger partial charge in [-0.2, -0.15) is 0 Å². The molecule has 0 radical (unpaired) electrons. The van der Waals surface area contributed by atoms with Gasteiger partial charge in [-0.3, -0.25) is 0 Å². The SMILES string of the molecule is CC12CC(C1)[C@H]([C@@H](O)c1cccc(F)c1)N2. The number of aliphatic hydroxyl groups is 1. The number of benzene rings is 1. The van der Waals surface area contributed by atoms with Gasteiger partial charge >= 0.3 is 0 Å². The molecule has 16 heavy (non-hydrogen) atoms. The lowest BCUT2D eigenvalue weighted by atomic mass is 9.72. The number of aliphatic hydroxyl groups excluding tert-OH is 1. The van der Waals surface area contributed by atoms with Crippen molar-refractivity contribution in [2.24, 2.45) is 5.92 Å². The zero-order valence-corrected chi connectivity index (χ0v) is 9.28. The lowest BCUT2D eigenvalue weighted by Crippen LogP contribution is -2.40. The number of hydrogen-bond acceptors (Lipinski definition) is 2. The number of hydrogen-bond donors (Lipinski definition) is 2. The van der Waals surface area contributed by atoms with Crippen molar-refractivity contribution in [3.8, 4) is 0 Å². The maximum absolute atomic E-state index is 13.1. The van der Waals surface area contributed by atoms with Gasteiger partial charge in [0.2, 0.25) is 0 Å². The topological polar surface area (TPSA) is 32.3 Å². The normalized spacial score (nSPS) is 38.2. The van der Waals surface area contributed by atoms with Crippen molar-refractivity contribution in [1.82, 2.24) is 5.32 Å². The van der Waals surface area contributed by atoms with E-state index in [9.17, 15) is 9.50 Å². The van der Waals surface area contributed by atoms with Crippen molar-refractivity contribution in [2.45, 2.75) is 37.5 Å². The molecule has 2 N–H and O–H groups in total. The Balaban J connectivity index is 1.81. The first kappa shape index (κ1) is 10.2. The average Bonchev–Trinajstić information content (AvgIpc) is 2.70. The molecule has 1 aliphatic carbocycles. The predicted octanol–water partition coefficient (Wildman–Crippen LogP) is 2.00. The van der Waals surface area contributed by atoms with E-state index in [0.29, 0.717) is 11.5 Å². The molecule has 0 spiro atoms. The largest absolute Gasteiger partial charge is 0.387 e.